The Bertz CT molecular complexity index is 1000. The van der Waals surface area contributed by atoms with Crippen molar-refractivity contribution >= 4 is 29.6 Å². The highest BCUT2D eigenvalue weighted by atomic mass is 35.5. The van der Waals surface area contributed by atoms with Crippen molar-refractivity contribution in [3.05, 3.63) is 46.7 Å². The van der Waals surface area contributed by atoms with Crippen LogP contribution in [0.25, 0.3) is 11.1 Å². The molecule has 8 nitrogen and oxygen atoms in total. The maximum Gasteiger partial charge on any atom is 0.414 e. The van der Waals surface area contributed by atoms with E-state index in [1.54, 1.807) is 20.8 Å². The molecule has 0 aliphatic carbocycles. The van der Waals surface area contributed by atoms with Crippen molar-refractivity contribution < 1.29 is 28.6 Å². The van der Waals surface area contributed by atoms with Crippen LogP contribution < -0.4 is 15.4 Å². The lowest BCUT2D eigenvalue weighted by Gasteiger charge is -2.20. The van der Waals surface area contributed by atoms with E-state index >= 15 is 0 Å². The van der Waals surface area contributed by atoms with Crippen molar-refractivity contribution in [2.24, 2.45) is 0 Å². The first kappa shape index (κ1) is 23.0. The van der Waals surface area contributed by atoms with Gasteiger partial charge in [-0.1, -0.05) is 11.6 Å². The molecule has 0 aromatic heterocycles. The number of alkyl carbamates (subject to hydrolysis) is 1. The zero-order valence-electron chi connectivity index (χ0n) is 16.7. The number of carbonyl (C=O) groups is 2. The van der Waals surface area contributed by atoms with E-state index in [1.807, 2.05) is 0 Å². The Balaban J connectivity index is 2.40. The van der Waals surface area contributed by atoms with Gasteiger partial charge in [0, 0.05) is 16.1 Å². The van der Waals surface area contributed by atoms with Gasteiger partial charge in [-0.3, -0.25) is 20.8 Å². The molecule has 0 bridgehead atoms. The number of rotatable bonds is 3. The minimum absolute atomic E-state index is 0.00409. The molecule has 2 aromatic rings. The summed E-state index contributed by atoms with van der Waals surface area (Å²) in [6.45, 7) is 4.91. The van der Waals surface area contributed by atoms with Gasteiger partial charge >= 0.3 is 6.09 Å². The summed E-state index contributed by atoms with van der Waals surface area (Å²) in [5.41, 5.74) is -1.02. The third kappa shape index (κ3) is 5.60. The molecule has 0 fully saturated rings. The predicted octanol–water partition coefficient (Wildman–Crippen LogP) is 4.05. The minimum atomic E-state index is -0.961. The van der Waals surface area contributed by atoms with Crippen LogP contribution in [0, 0.1) is 11.2 Å². The molecule has 2 amide bonds. The van der Waals surface area contributed by atoms with Crippen molar-refractivity contribution in [1.29, 1.82) is 5.41 Å². The molecule has 0 heterocycles. The molecular weight excluding hydrogens is 417 g/mol. The smallest absolute Gasteiger partial charge is 0.414 e. The topological polar surface area (TPSA) is 121 Å². The second-order valence-corrected chi connectivity index (χ2v) is 7.52. The second kappa shape index (κ2) is 9.00. The summed E-state index contributed by atoms with van der Waals surface area (Å²) in [7, 11) is 1.35. The Kier molecular flexibility index (Phi) is 6.88. The van der Waals surface area contributed by atoms with Gasteiger partial charge in [0.1, 0.15) is 22.9 Å². The number of benzene rings is 2. The van der Waals surface area contributed by atoms with E-state index in [2.05, 4.69) is 10.6 Å². The third-order valence-corrected chi connectivity index (χ3v) is 3.97. The van der Waals surface area contributed by atoms with Gasteiger partial charge in [0.05, 0.1) is 12.7 Å². The monoisotopic (exact) mass is 437 g/mol. The maximum absolute atomic E-state index is 13.9. The van der Waals surface area contributed by atoms with Gasteiger partial charge in [-0.25, -0.2) is 9.18 Å². The lowest BCUT2D eigenvalue weighted by atomic mass is 9.97. The first-order valence-electron chi connectivity index (χ1n) is 8.68. The van der Waals surface area contributed by atoms with Crippen LogP contribution in [0.5, 0.6) is 11.5 Å². The van der Waals surface area contributed by atoms with Crippen LogP contribution >= 0.6 is 11.6 Å². The number of phenols is 1. The average Bonchev–Trinajstić information content (AvgIpc) is 2.61. The van der Waals surface area contributed by atoms with Crippen molar-refractivity contribution in [2.45, 2.75) is 26.4 Å². The number of amides is 2. The number of ether oxygens (including phenoxy) is 2. The van der Waals surface area contributed by atoms with Gasteiger partial charge in [0.15, 0.2) is 0 Å². The van der Waals surface area contributed by atoms with E-state index in [1.165, 1.54) is 31.4 Å². The van der Waals surface area contributed by atoms with Gasteiger partial charge in [-0.2, -0.15) is 0 Å². The quantitative estimate of drug-likeness (QED) is 0.426. The van der Waals surface area contributed by atoms with Gasteiger partial charge in [0.25, 0.3) is 5.91 Å². The maximum atomic E-state index is 13.9. The molecular formula is C20H21ClFN3O5. The fourth-order valence-corrected chi connectivity index (χ4v) is 2.81. The van der Waals surface area contributed by atoms with Crippen LogP contribution in [0.15, 0.2) is 30.3 Å². The highest BCUT2D eigenvalue weighted by molar-refractivity contribution is 6.34. The second-order valence-electron chi connectivity index (χ2n) is 7.12. The number of nitrogens with one attached hydrogen (secondary N) is 3. The van der Waals surface area contributed by atoms with E-state index in [4.69, 9.17) is 26.5 Å². The molecule has 2 rings (SSSR count). The summed E-state index contributed by atoms with van der Waals surface area (Å²) in [6.07, 6.45) is -0.949. The predicted molar refractivity (Wildman–Crippen MR) is 110 cm³/mol. The molecule has 0 saturated heterocycles. The van der Waals surface area contributed by atoms with Crippen LogP contribution in [0.1, 0.15) is 31.1 Å². The molecule has 0 spiro atoms. The van der Waals surface area contributed by atoms with Gasteiger partial charge in [0.2, 0.25) is 5.96 Å². The van der Waals surface area contributed by atoms with Crippen LogP contribution in [0.4, 0.5) is 9.18 Å². The van der Waals surface area contributed by atoms with E-state index in [0.717, 1.165) is 6.07 Å². The molecule has 0 atom stereocenters. The molecule has 4 N–H and O–H groups in total. The minimum Gasteiger partial charge on any atom is -0.507 e. The van der Waals surface area contributed by atoms with Gasteiger partial charge in [-0.05, 0) is 51.1 Å². The summed E-state index contributed by atoms with van der Waals surface area (Å²) >= 11 is 6.24. The molecule has 160 valence electrons. The normalized spacial score (nSPS) is 10.9. The average molecular weight is 438 g/mol. The zero-order chi connectivity index (χ0) is 22.6. The highest BCUT2D eigenvalue weighted by Crippen LogP contribution is 2.41. The van der Waals surface area contributed by atoms with Crippen LogP contribution in [0.2, 0.25) is 5.02 Å². The standard InChI is InChI=1S/C20H21ClFN3O5/c1-20(2,3)30-19(28)25-18(23)24-17(27)16-13(26)7-6-12(21)15(16)11-9-10(22)5-8-14(11)29-4/h5-9,26H,1-4H3,(H3,23,24,25,27,28). The Labute approximate surface area is 177 Å². The lowest BCUT2D eigenvalue weighted by molar-refractivity contribution is 0.0561. The summed E-state index contributed by atoms with van der Waals surface area (Å²) in [5, 5.41) is 22.3. The van der Waals surface area contributed by atoms with Crippen molar-refractivity contribution in [3.8, 4) is 22.6 Å². The molecule has 2 aromatic carbocycles. The van der Waals surface area contributed by atoms with E-state index in [-0.39, 0.29) is 27.5 Å². The molecule has 0 unspecified atom stereocenters. The number of aromatic hydroxyl groups is 1. The molecule has 30 heavy (non-hydrogen) atoms. The summed E-state index contributed by atoms with van der Waals surface area (Å²) in [5.74, 6) is -2.53. The van der Waals surface area contributed by atoms with Gasteiger partial charge < -0.3 is 14.6 Å². The molecule has 0 radical (unpaired) electrons. The van der Waals surface area contributed by atoms with E-state index in [0.29, 0.717) is 0 Å². The first-order valence-corrected chi connectivity index (χ1v) is 9.06. The summed E-state index contributed by atoms with van der Waals surface area (Å²) < 4.78 is 24.1. The third-order valence-electron chi connectivity index (χ3n) is 3.65. The number of phenolic OH excluding ortho intramolecular Hbond substituents is 1. The van der Waals surface area contributed by atoms with Crippen LogP contribution in [-0.4, -0.2) is 35.8 Å². The first-order chi connectivity index (χ1) is 13.9. The molecule has 10 heteroatoms. The number of guanidine groups is 1. The van der Waals surface area contributed by atoms with Crippen LogP contribution in [-0.2, 0) is 4.74 Å². The number of halogens is 2. The van der Waals surface area contributed by atoms with Crippen LogP contribution in [0.3, 0.4) is 0 Å². The van der Waals surface area contributed by atoms with E-state index in [9.17, 15) is 19.1 Å². The van der Waals surface area contributed by atoms with Gasteiger partial charge in [-0.15, -0.1) is 0 Å². The Hall–Kier alpha value is -3.33. The molecule has 0 aliphatic heterocycles. The fraction of sp³-hybridized carbons (Fsp3) is 0.250. The molecule has 0 aliphatic rings. The van der Waals surface area contributed by atoms with E-state index < -0.39 is 35.1 Å². The number of hydrogen-bond donors (Lipinski definition) is 4. The zero-order valence-corrected chi connectivity index (χ0v) is 17.5. The summed E-state index contributed by atoms with van der Waals surface area (Å²) in [4.78, 5) is 24.5. The van der Waals surface area contributed by atoms with Crippen molar-refractivity contribution in [1.82, 2.24) is 10.6 Å². The highest BCUT2D eigenvalue weighted by Gasteiger charge is 2.25. The Morgan fingerprint density at radius 1 is 1.17 bits per heavy atom. The number of hydrogen-bond acceptors (Lipinski definition) is 6. The number of methoxy groups -OCH3 is 1. The van der Waals surface area contributed by atoms with Crippen molar-refractivity contribution in [2.75, 3.05) is 7.11 Å². The Morgan fingerprint density at radius 3 is 2.43 bits per heavy atom. The SMILES string of the molecule is COc1ccc(F)cc1-c1c(Cl)ccc(O)c1C(=O)NC(=N)NC(=O)OC(C)(C)C. The molecule has 0 saturated carbocycles. The summed E-state index contributed by atoms with van der Waals surface area (Å²) in [6, 6.07) is 6.12. The Morgan fingerprint density at radius 2 is 1.83 bits per heavy atom. The number of carbonyl (C=O) groups excluding carboxylic acids is 2. The largest absolute Gasteiger partial charge is 0.507 e. The lowest BCUT2D eigenvalue weighted by Crippen LogP contribution is -2.45. The van der Waals surface area contributed by atoms with Crippen molar-refractivity contribution in [3.63, 3.8) is 0 Å². The fourth-order valence-electron chi connectivity index (χ4n) is 2.55.